The largest absolute Gasteiger partial charge is 0.316 e. The van der Waals surface area contributed by atoms with Gasteiger partial charge < -0.3 is 5.32 Å². The first-order chi connectivity index (χ1) is 9.99. The summed E-state index contributed by atoms with van der Waals surface area (Å²) in [6.07, 6.45) is 1.48. The minimum absolute atomic E-state index is 0.145. The second-order valence-electron chi connectivity index (χ2n) is 4.88. The first-order valence-electron chi connectivity index (χ1n) is 6.54. The Hall–Kier alpha value is -0.800. The van der Waals surface area contributed by atoms with E-state index in [2.05, 4.69) is 5.32 Å². The number of benzene rings is 2. The Kier molecular flexibility index (Phi) is 5.88. The van der Waals surface area contributed by atoms with Gasteiger partial charge in [0.25, 0.3) is 0 Å². The van der Waals surface area contributed by atoms with Crippen molar-refractivity contribution < 1.29 is 4.39 Å². The molecule has 0 heterocycles. The molecule has 2 aromatic rings. The van der Waals surface area contributed by atoms with Crippen molar-refractivity contribution >= 4 is 34.8 Å². The monoisotopic (exact) mass is 345 g/mol. The quantitative estimate of drug-likeness (QED) is 0.788. The highest BCUT2D eigenvalue weighted by molar-refractivity contribution is 6.35. The van der Waals surface area contributed by atoms with Gasteiger partial charge in [0.15, 0.2) is 0 Å². The Bertz CT molecular complexity index is 631. The van der Waals surface area contributed by atoms with Crippen molar-refractivity contribution in [3.05, 3.63) is 68.4 Å². The summed E-state index contributed by atoms with van der Waals surface area (Å²) in [5, 5.41) is 4.66. The van der Waals surface area contributed by atoms with Gasteiger partial charge in [-0.2, -0.15) is 0 Å². The number of hydrogen-bond donors (Lipinski definition) is 1. The third-order valence-corrected chi connectivity index (χ3v) is 4.23. The normalized spacial score (nSPS) is 12.4. The lowest BCUT2D eigenvalue weighted by atomic mass is 9.99. The van der Waals surface area contributed by atoms with E-state index < -0.39 is 5.82 Å². The van der Waals surface area contributed by atoms with E-state index in [4.69, 9.17) is 34.8 Å². The Balaban J connectivity index is 2.10. The number of nitrogens with one attached hydrogen (secondary N) is 1. The maximum atomic E-state index is 13.2. The van der Waals surface area contributed by atoms with Crippen molar-refractivity contribution in [3.63, 3.8) is 0 Å². The van der Waals surface area contributed by atoms with E-state index in [-0.39, 0.29) is 11.1 Å². The van der Waals surface area contributed by atoms with E-state index >= 15 is 0 Å². The molecule has 0 aliphatic rings. The van der Waals surface area contributed by atoms with Crippen molar-refractivity contribution in [3.8, 4) is 0 Å². The van der Waals surface area contributed by atoms with Crippen LogP contribution in [0.15, 0.2) is 36.4 Å². The second kappa shape index (κ2) is 7.46. The van der Waals surface area contributed by atoms with E-state index in [1.54, 1.807) is 18.2 Å². The SMILES string of the molecule is CNC(Cc1ccc(F)c(Cl)c1)Cc1ccc(Cl)cc1Cl. The zero-order chi connectivity index (χ0) is 15.4. The smallest absolute Gasteiger partial charge is 0.141 e. The van der Waals surface area contributed by atoms with Gasteiger partial charge in [0.05, 0.1) is 5.02 Å². The second-order valence-corrected chi connectivity index (χ2v) is 6.13. The average molecular weight is 347 g/mol. The predicted molar refractivity (Wildman–Crippen MR) is 88.1 cm³/mol. The van der Waals surface area contributed by atoms with Crippen LogP contribution in [0.3, 0.4) is 0 Å². The van der Waals surface area contributed by atoms with Crippen molar-refractivity contribution in [2.45, 2.75) is 18.9 Å². The zero-order valence-corrected chi connectivity index (χ0v) is 13.7. The summed E-state index contributed by atoms with van der Waals surface area (Å²) in [5.41, 5.74) is 2.00. The maximum absolute atomic E-state index is 13.2. The van der Waals surface area contributed by atoms with Crippen LogP contribution in [0.25, 0.3) is 0 Å². The molecule has 0 radical (unpaired) electrons. The molecule has 1 N–H and O–H groups in total. The molecule has 1 nitrogen and oxygen atoms in total. The minimum Gasteiger partial charge on any atom is -0.316 e. The van der Waals surface area contributed by atoms with Crippen LogP contribution in [0.2, 0.25) is 15.1 Å². The molecule has 1 unspecified atom stereocenters. The molecule has 0 aliphatic carbocycles. The third-order valence-electron chi connectivity index (χ3n) is 3.36. The molecule has 2 rings (SSSR count). The molecule has 1 atom stereocenters. The highest BCUT2D eigenvalue weighted by atomic mass is 35.5. The molecule has 0 spiro atoms. The molecule has 0 saturated carbocycles. The van der Waals surface area contributed by atoms with Crippen molar-refractivity contribution in [1.29, 1.82) is 0 Å². The van der Waals surface area contributed by atoms with E-state index in [9.17, 15) is 4.39 Å². The topological polar surface area (TPSA) is 12.0 Å². The van der Waals surface area contributed by atoms with Gasteiger partial charge in [-0.15, -0.1) is 0 Å². The van der Waals surface area contributed by atoms with Gasteiger partial charge in [-0.1, -0.05) is 46.9 Å². The zero-order valence-electron chi connectivity index (χ0n) is 11.5. The fourth-order valence-electron chi connectivity index (χ4n) is 2.18. The number of hydrogen-bond acceptors (Lipinski definition) is 1. The Morgan fingerprint density at radius 1 is 1.00 bits per heavy atom. The first kappa shape index (κ1) is 16.6. The third kappa shape index (κ3) is 4.58. The number of halogens is 4. The maximum Gasteiger partial charge on any atom is 0.141 e. The molecule has 112 valence electrons. The highest BCUT2D eigenvalue weighted by Gasteiger charge is 2.12. The van der Waals surface area contributed by atoms with Gasteiger partial charge in [0.1, 0.15) is 5.82 Å². The lowest BCUT2D eigenvalue weighted by Crippen LogP contribution is -2.30. The van der Waals surface area contributed by atoms with Gasteiger partial charge in [-0.3, -0.25) is 0 Å². The predicted octanol–water partition coefficient (Wildman–Crippen LogP) is 5.16. The standard InChI is InChI=1S/C16H15Cl3FN/c1-21-13(6-10-2-5-16(20)15(19)7-10)8-11-3-4-12(17)9-14(11)18/h2-5,7,9,13,21H,6,8H2,1H3. The summed E-state index contributed by atoms with van der Waals surface area (Å²) in [7, 11) is 1.89. The fraction of sp³-hybridized carbons (Fsp3) is 0.250. The van der Waals surface area contributed by atoms with Crippen LogP contribution < -0.4 is 5.32 Å². The van der Waals surface area contributed by atoms with Gasteiger partial charge in [0.2, 0.25) is 0 Å². The summed E-state index contributed by atoms with van der Waals surface area (Å²) >= 11 is 17.9. The molecule has 2 aromatic carbocycles. The molecular weight excluding hydrogens is 332 g/mol. The van der Waals surface area contributed by atoms with E-state index in [1.165, 1.54) is 6.07 Å². The summed E-state index contributed by atoms with van der Waals surface area (Å²) in [6.45, 7) is 0. The van der Waals surface area contributed by atoms with Gasteiger partial charge in [0, 0.05) is 16.1 Å². The Labute approximate surface area is 139 Å². The summed E-state index contributed by atoms with van der Waals surface area (Å²) < 4.78 is 13.2. The van der Waals surface area contributed by atoms with Crippen molar-refractivity contribution in [2.24, 2.45) is 0 Å². The molecular formula is C16H15Cl3FN. The molecule has 0 amide bonds. The fourth-order valence-corrected chi connectivity index (χ4v) is 2.87. The number of likely N-dealkylation sites (N-methyl/N-ethyl adjacent to an activating group) is 1. The minimum atomic E-state index is -0.401. The molecule has 5 heteroatoms. The van der Waals surface area contributed by atoms with Crippen LogP contribution in [0.1, 0.15) is 11.1 Å². The van der Waals surface area contributed by atoms with Crippen LogP contribution in [-0.4, -0.2) is 13.1 Å². The van der Waals surface area contributed by atoms with Gasteiger partial charge in [-0.05, 0) is 55.3 Å². The van der Waals surface area contributed by atoms with Crippen LogP contribution in [0.4, 0.5) is 4.39 Å². The van der Waals surface area contributed by atoms with E-state index in [0.717, 1.165) is 24.0 Å². The average Bonchev–Trinajstić information content (AvgIpc) is 2.44. The van der Waals surface area contributed by atoms with E-state index in [0.29, 0.717) is 10.0 Å². The Morgan fingerprint density at radius 3 is 2.38 bits per heavy atom. The molecule has 0 saturated heterocycles. The highest BCUT2D eigenvalue weighted by Crippen LogP contribution is 2.23. The van der Waals surface area contributed by atoms with Crippen LogP contribution in [0.5, 0.6) is 0 Å². The molecule has 0 fully saturated rings. The molecule has 0 bridgehead atoms. The summed E-state index contributed by atoms with van der Waals surface area (Å²) in [4.78, 5) is 0. The molecule has 0 aromatic heterocycles. The first-order valence-corrected chi connectivity index (χ1v) is 7.68. The summed E-state index contributed by atoms with van der Waals surface area (Å²) in [6, 6.07) is 10.4. The molecule has 0 aliphatic heterocycles. The van der Waals surface area contributed by atoms with Crippen LogP contribution in [-0.2, 0) is 12.8 Å². The van der Waals surface area contributed by atoms with Gasteiger partial charge >= 0.3 is 0 Å². The molecule has 21 heavy (non-hydrogen) atoms. The van der Waals surface area contributed by atoms with Crippen molar-refractivity contribution in [1.82, 2.24) is 5.32 Å². The Morgan fingerprint density at radius 2 is 1.76 bits per heavy atom. The van der Waals surface area contributed by atoms with Crippen molar-refractivity contribution in [2.75, 3.05) is 7.05 Å². The number of rotatable bonds is 5. The summed E-state index contributed by atoms with van der Waals surface area (Å²) in [5.74, 6) is -0.401. The van der Waals surface area contributed by atoms with Crippen LogP contribution in [0, 0.1) is 5.82 Å². The van der Waals surface area contributed by atoms with Gasteiger partial charge in [-0.25, -0.2) is 4.39 Å². The lowest BCUT2D eigenvalue weighted by molar-refractivity contribution is 0.555. The van der Waals surface area contributed by atoms with E-state index in [1.807, 2.05) is 19.2 Å². The lowest BCUT2D eigenvalue weighted by Gasteiger charge is -2.17. The van der Waals surface area contributed by atoms with Crippen LogP contribution >= 0.6 is 34.8 Å².